The first-order valence-corrected chi connectivity index (χ1v) is 9.84. The molecule has 28 heavy (non-hydrogen) atoms. The molecule has 146 valence electrons. The Morgan fingerprint density at radius 2 is 1.89 bits per heavy atom. The Morgan fingerprint density at radius 1 is 1.18 bits per heavy atom. The Bertz CT molecular complexity index is 836. The SMILES string of the molecule is CN1CCC(OCCCNC(=O)c2cccc(-c3cccc(C#N)c3)c2)CC1. The van der Waals surface area contributed by atoms with Gasteiger partial charge in [-0.2, -0.15) is 5.26 Å². The molecule has 0 bridgehead atoms. The summed E-state index contributed by atoms with van der Waals surface area (Å²) in [6, 6.07) is 17.0. The molecule has 0 aliphatic carbocycles. The molecule has 5 heteroatoms. The number of carbonyl (C=O) groups excluding carboxylic acids is 1. The smallest absolute Gasteiger partial charge is 0.251 e. The van der Waals surface area contributed by atoms with Crippen molar-refractivity contribution in [1.82, 2.24) is 10.2 Å². The third-order valence-corrected chi connectivity index (χ3v) is 5.08. The zero-order valence-corrected chi connectivity index (χ0v) is 16.4. The lowest BCUT2D eigenvalue weighted by Crippen LogP contribution is -2.34. The molecule has 1 aliphatic rings. The van der Waals surface area contributed by atoms with E-state index in [1.165, 1.54) is 0 Å². The number of carbonyl (C=O) groups is 1. The van der Waals surface area contributed by atoms with Crippen LogP contribution in [0.2, 0.25) is 0 Å². The summed E-state index contributed by atoms with van der Waals surface area (Å²) >= 11 is 0. The minimum Gasteiger partial charge on any atom is -0.378 e. The number of likely N-dealkylation sites (tertiary alicyclic amines) is 1. The van der Waals surface area contributed by atoms with Crippen molar-refractivity contribution in [3.05, 3.63) is 59.7 Å². The molecule has 5 nitrogen and oxygen atoms in total. The van der Waals surface area contributed by atoms with E-state index in [9.17, 15) is 4.79 Å². The monoisotopic (exact) mass is 377 g/mol. The van der Waals surface area contributed by atoms with Crippen LogP contribution >= 0.6 is 0 Å². The second-order valence-corrected chi connectivity index (χ2v) is 7.26. The second-order valence-electron chi connectivity index (χ2n) is 7.26. The van der Waals surface area contributed by atoms with Gasteiger partial charge >= 0.3 is 0 Å². The fourth-order valence-electron chi connectivity index (χ4n) is 3.39. The highest BCUT2D eigenvalue weighted by Crippen LogP contribution is 2.21. The van der Waals surface area contributed by atoms with Crippen LogP contribution in [0.25, 0.3) is 11.1 Å². The molecular formula is C23H27N3O2. The topological polar surface area (TPSA) is 65.4 Å². The van der Waals surface area contributed by atoms with E-state index in [4.69, 9.17) is 10.00 Å². The van der Waals surface area contributed by atoms with Crippen LogP contribution in [0.15, 0.2) is 48.5 Å². The molecule has 0 radical (unpaired) electrons. The highest BCUT2D eigenvalue weighted by atomic mass is 16.5. The summed E-state index contributed by atoms with van der Waals surface area (Å²) in [5.41, 5.74) is 3.09. The third-order valence-electron chi connectivity index (χ3n) is 5.08. The van der Waals surface area contributed by atoms with E-state index in [0.29, 0.717) is 30.4 Å². The molecule has 1 N–H and O–H groups in total. The lowest BCUT2D eigenvalue weighted by atomic mass is 10.0. The van der Waals surface area contributed by atoms with Gasteiger partial charge in [-0.05, 0) is 61.7 Å². The average Bonchev–Trinajstić information content (AvgIpc) is 2.75. The standard InChI is InChI=1S/C23H27N3O2/c1-26-12-9-22(10-13-26)28-14-4-11-25-23(27)21-8-3-7-20(16-21)19-6-2-5-18(15-19)17-24/h2-3,5-8,15-16,22H,4,9-14H2,1H3,(H,25,27). The Labute approximate surface area is 166 Å². The van der Waals surface area contributed by atoms with Crippen LogP contribution in [0.5, 0.6) is 0 Å². The van der Waals surface area contributed by atoms with Crippen LogP contribution in [0.1, 0.15) is 35.2 Å². The molecule has 0 aromatic heterocycles. The van der Waals surface area contributed by atoms with Crippen molar-refractivity contribution in [3.63, 3.8) is 0 Å². The Kier molecular flexibility index (Phi) is 7.18. The van der Waals surface area contributed by atoms with Crippen molar-refractivity contribution in [2.75, 3.05) is 33.3 Å². The first-order chi connectivity index (χ1) is 13.7. The van der Waals surface area contributed by atoms with E-state index in [1.807, 2.05) is 42.5 Å². The van der Waals surface area contributed by atoms with Crippen LogP contribution in [-0.2, 0) is 4.74 Å². The van der Waals surface area contributed by atoms with Crippen molar-refractivity contribution in [2.45, 2.75) is 25.4 Å². The van der Waals surface area contributed by atoms with Gasteiger partial charge in [0, 0.05) is 31.8 Å². The van der Waals surface area contributed by atoms with E-state index in [2.05, 4.69) is 23.3 Å². The molecule has 0 spiro atoms. The second kappa shape index (κ2) is 10.0. The third kappa shape index (κ3) is 5.66. The van der Waals surface area contributed by atoms with E-state index in [0.717, 1.165) is 43.5 Å². The van der Waals surface area contributed by atoms with Crippen molar-refractivity contribution in [3.8, 4) is 17.2 Å². The maximum atomic E-state index is 12.4. The molecule has 2 aromatic carbocycles. The number of nitrogens with zero attached hydrogens (tertiary/aromatic N) is 2. The summed E-state index contributed by atoms with van der Waals surface area (Å²) < 4.78 is 5.91. The number of nitrogens with one attached hydrogen (secondary N) is 1. The summed E-state index contributed by atoms with van der Waals surface area (Å²) in [4.78, 5) is 14.8. The summed E-state index contributed by atoms with van der Waals surface area (Å²) in [6.45, 7) is 3.46. The van der Waals surface area contributed by atoms with Gasteiger partial charge in [-0.1, -0.05) is 24.3 Å². The number of benzene rings is 2. The predicted molar refractivity (Wildman–Crippen MR) is 110 cm³/mol. The van der Waals surface area contributed by atoms with E-state index < -0.39 is 0 Å². The molecule has 2 aromatic rings. The summed E-state index contributed by atoms with van der Waals surface area (Å²) in [6.07, 6.45) is 3.33. The van der Waals surface area contributed by atoms with Crippen LogP contribution in [0.4, 0.5) is 0 Å². The van der Waals surface area contributed by atoms with Gasteiger partial charge in [0.05, 0.1) is 17.7 Å². The minimum atomic E-state index is -0.0856. The number of ether oxygens (including phenoxy) is 1. The summed E-state index contributed by atoms with van der Waals surface area (Å²) in [5.74, 6) is -0.0856. The Balaban J connectivity index is 1.46. The van der Waals surface area contributed by atoms with Gasteiger partial charge in [0.2, 0.25) is 0 Å². The predicted octanol–water partition coefficient (Wildman–Crippen LogP) is 3.46. The normalized spacial score (nSPS) is 15.1. The van der Waals surface area contributed by atoms with Crippen LogP contribution < -0.4 is 5.32 Å². The van der Waals surface area contributed by atoms with Crippen molar-refractivity contribution >= 4 is 5.91 Å². The maximum absolute atomic E-state index is 12.4. The van der Waals surface area contributed by atoms with E-state index in [1.54, 1.807) is 6.07 Å². The lowest BCUT2D eigenvalue weighted by molar-refractivity contribution is 0.0117. The first kappa shape index (κ1) is 20.1. The van der Waals surface area contributed by atoms with E-state index in [-0.39, 0.29) is 5.91 Å². The van der Waals surface area contributed by atoms with Gasteiger partial charge in [0.15, 0.2) is 0 Å². The molecule has 0 unspecified atom stereocenters. The largest absolute Gasteiger partial charge is 0.378 e. The molecular weight excluding hydrogens is 350 g/mol. The van der Waals surface area contributed by atoms with Crippen LogP contribution in [0, 0.1) is 11.3 Å². The Hall–Kier alpha value is -2.68. The number of rotatable bonds is 7. The van der Waals surface area contributed by atoms with Crippen molar-refractivity contribution in [1.29, 1.82) is 5.26 Å². The van der Waals surface area contributed by atoms with Crippen molar-refractivity contribution < 1.29 is 9.53 Å². The number of hydrogen-bond acceptors (Lipinski definition) is 4. The fourth-order valence-corrected chi connectivity index (χ4v) is 3.39. The van der Waals surface area contributed by atoms with E-state index >= 15 is 0 Å². The van der Waals surface area contributed by atoms with Gasteiger partial charge in [0.25, 0.3) is 5.91 Å². The first-order valence-electron chi connectivity index (χ1n) is 9.84. The quantitative estimate of drug-likeness (QED) is 0.751. The maximum Gasteiger partial charge on any atom is 0.251 e. The zero-order valence-electron chi connectivity index (χ0n) is 16.4. The molecule has 0 atom stereocenters. The highest BCUT2D eigenvalue weighted by Gasteiger charge is 2.16. The van der Waals surface area contributed by atoms with Crippen LogP contribution in [0.3, 0.4) is 0 Å². The number of hydrogen-bond donors (Lipinski definition) is 1. The Morgan fingerprint density at radius 3 is 2.64 bits per heavy atom. The van der Waals surface area contributed by atoms with Gasteiger partial charge in [-0.3, -0.25) is 4.79 Å². The molecule has 1 heterocycles. The average molecular weight is 377 g/mol. The summed E-state index contributed by atoms with van der Waals surface area (Å²) in [7, 11) is 2.14. The molecule has 0 saturated carbocycles. The highest BCUT2D eigenvalue weighted by molar-refractivity contribution is 5.95. The fraction of sp³-hybridized carbons (Fsp3) is 0.391. The molecule has 1 aliphatic heterocycles. The zero-order chi connectivity index (χ0) is 19.8. The molecule has 1 saturated heterocycles. The summed E-state index contributed by atoms with van der Waals surface area (Å²) in [5, 5.41) is 12.0. The number of piperidine rings is 1. The minimum absolute atomic E-state index is 0.0856. The van der Waals surface area contributed by atoms with Gasteiger partial charge in [0.1, 0.15) is 0 Å². The van der Waals surface area contributed by atoms with Crippen molar-refractivity contribution in [2.24, 2.45) is 0 Å². The number of nitriles is 1. The van der Waals surface area contributed by atoms with Crippen LogP contribution in [-0.4, -0.2) is 50.2 Å². The molecule has 1 amide bonds. The van der Waals surface area contributed by atoms with Gasteiger partial charge < -0.3 is 15.0 Å². The van der Waals surface area contributed by atoms with Gasteiger partial charge in [-0.25, -0.2) is 0 Å². The number of amides is 1. The molecule has 1 fully saturated rings. The molecule has 3 rings (SSSR count). The van der Waals surface area contributed by atoms with Gasteiger partial charge in [-0.15, -0.1) is 0 Å². The lowest BCUT2D eigenvalue weighted by Gasteiger charge is -2.28.